The number of carbonyl (C=O) groups excluding carboxylic acids is 2. The molecule has 0 N–H and O–H groups in total. The Bertz CT molecular complexity index is 588. The summed E-state index contributed by atoms with van der Waals surface area (Å²) in [7, 11) is 0. The fraction of sp³-hybridized carbons (Fsp3) is 0.600. The van der Waals surface area contributed by atoms with Crippen molar-refractivity contribution in [2.24, 2.45) is 0 Å². The smallest absolute Gasteiger partial charge is 0.224 e. The minimum absolute atomic E-state index is 0.0781. The van der Waals surface area contributed by atoms with Crippen LogP contribution in [0.15, 0.2) is 24.3 Å². The van der Waals surface area contributed by atoms with E-state index in [1.807, 2.05) is 36.1 Å². The van der Waals surface area contributed by atoms with Crippen molar-refractivity contribution in [3.8, 4) is 5.75 Å². The molecule has 1 saturated heterocycles. The number of ether oxygens (including phenoxy) is 1. The summed E-state index contributed by atoms with van der Waals surface area (Å²) in [5.74, 6) is 0.745. The predicted octanol–water partition coefficient (Wildman–Crippen LogP) is 3.62. The van der Waals surface area contributed by atoms with Crippen LogP contribution in [0, 0.1) is 0 Å². The minimum atomic E-state index is -0.0781. The third kappa shape index (κ3) is 4.97. The minimum Gasteiger partial charge on any atom is -0.492 e. The van der Waals surface area contributed by atoms with E-state index in [-0.39, 0.29) is 11.8 Å². The molecule has 1 atom stereocenters. The van der Waals surface area contributed by atoms with Crippen LogP contribution >= 0.6 is 0 Å². The van der Waals surface area contributed by atoms with Crippen molar-refractivity contribution >= 4 is 17.5 Å². The Labute approximate surface area is 150 Å². The van der Waals surface area contributed by atoms with E-state index in [2.05, 4.69) is 6.92 Å². The van der Waals surface area contributed by atoms with Gasteiger partial charge in [-0.05, 0) is 44.7 Å². The SMILES string of the molecule is CCOc1ccccc1N(CCC(=O)N1CCCCC1CC)C(C)=O. The van der Waals surface area contributed by atoms with E-state index < -0.39 is 0 Å². The average molecular weight is 346 g/mol. The van der Waals surface area contributed by atoms with Crippen molar-refractivity contribution in [3.63, 3.8) is 0 Å². The molecule has 1 aliphatic rings. The monoisotopic (exact) mass is 346 g/mol. The number of piperidine rings is 1. The first-order valence-corrected chi connectivity index (χ1v) is 9.37. The van der Waals surface area contributed by atoms with Gasteiger partial charge in [0.15, 0.2) is 0 Å². The van der Waals surface area contributed by atoms with E-state index in [1.165, 1.54) is 13.3 Å². The van der Waals surface area contributed by atoms with E-state index >= 15 is 0 Å². The van der Waals surface area contributed by atoms with Gasteiger partial charge in [0.25, 0.3) is 0 Å². The highest BCUT2D eigenvalue weighted by Crippen LogP contribution is 2.29. The molecule has 5 heteroatoms. The van der Waals surface area contributed by atoms with Crippen molar-refractivity contribution in [2.45, 2.75) is 58.9 Å². The van der Waals surface area contributed by atoms with Crippen LogP contribution in [-0.4, -0.2) is 42.5 Å². The fourth-order valence-electron chi connectivity index (χ4n) is 3.51. The molecule has 0 aromatic heterocycles. The van der Waals surface area contributed by atoms with Gasteiger partial charge in [-0.15, -0.1) is 0 Å². The molecular weight excluding hydrogens is 316 g/mol. The number of carbonyl (C=O) groups is 2. The van der Waals surface area contributed by atoms with Crippen LogP contribution in [0.3, 0.4) is 0 Å². The molecule has 1 unspecified atom stereocenters. The van der Waals surface area contributed by atoms with E-state index in [9.17, 15) is 9.59 Å². The maximum atomic E-state index is 12.7. The Morgan fingerprint density at radius 3 is 2.68 bits per heavy atom. The number of rotatable bonds is 7. The topological polar surface area (TPSA) is 49.9 Å². The lowest BCUT2D eigenvalue weighted by molar-refractivity contribution is -0.134. The normalized spacial score (nSPS) is 17.2. The van der Waals surface area contributed by atoms with Crippen LogP contribution < -0.4 is 9.64 Å². The highest BCUT2D eigenvalue weighted by atomic mass is 16.5. The molecule has 2 amide bonds. The summed E-state index contributed by atoms with van der Waals surface area (Å²) < 4.78 is 5.64. The van der Waals surface area contributed by atoms with Gasteiger partial charge < -0.3 is 14.5 Å². The summed E-state index contributed by atoms with van der Waals surface area (Å²) in [4.78, 5) is 28.5. The van der Waals surface area contributed by atoms with Crippen molar-refractivity contribution in [3.05, 3.63) is 24.3 Å². The van der Waals surface area contributed by atoms with Crippen LogP contribution in [0.2, 0.25) is 0 Å². The van der Waals surface area contributed by atoms with Gasteiger partial charge in [-0.25, -0.2) is 0 Å². The molecule has 1 aromatic carbocycles. The van der Waals surface area contributed by atoms with Gasteiger partial charge in [0, 0.05) is 32.5 Å². The van der Waals surface area contributed by atoms with Gasteiger partial charge >= 0.3 is 0 Å². The summed E-state index contributed by atoms with van der Waals surface area (Å²) >= 11 is 0. The number of benzene rings is 1. The Morgan fingerprint density at radius 1 is 1.24 bits per heavy atom. The molecule has 0 saturated carbocycles. The number of likely N-dealkylation sites (tertiary alicyclic amines) is 1. The summed E-state index contributed by atoms with van der Waals surface area (Å²) in [6.07, 6.45) is 4.70. The number of hydrogen-bond donors (Lipinski definition) is 0. The van der Waals surface area contributed by atoms with E-state index in [0.29, 0.717) is 31.4 Å². The second-order valence-corrected chi connectivity index (χ2v) is 6.47. The van der Waals surface area contributed by atoms with Crippen molar-refractivity contribution < 1.29 is 14.3 Å². The third-order valence-corrected chi connectivity index (χ3v) is 4.80. The number of amides is 2. The van der Waals surface area contributed by atoms with Crippen LogP contribution in [0.5, 0.6) is 5.75 Å². The molecular formula is C20H30N2O3. The van der Waals surface area contributed by atoms with Gasteiger partial charge in [0.05, 0.1) is 12.3 Å². The standard InChI is InChI=1S/C20H30N2O3/c1-4-17-10-8-9-14-22(17)20(24)13-15-21(16(3)23)18-11-6-7-12-19(18)25-5-2/h6-7,11-12,17H,4-5,8-10,13-15H2,1-3H3. The summed E-state index contributed by atoms with van der Waals surface area (Å²) in [6, 6.07) is 7.84. The average Bonchev–Trinajstić information content (AvgIpc) is 2.63. The number of nitrogens with zero attached hydrogens (tertiary/aromatic N) is 2. The molecule has 0 bridgehead atoms. The molecule has 25 heavy (non-hydrogen) atoms. The van der Waals surface area contributed by atoms with Crippen LogP contribution in [0.4, 0.5) is 5.69 Å². The second-order valence-electron chi connectivity index (χ2n) is 6.47. The maximum absolute atomic E-state index is 12.7. The zero-order valence-corrected chi connectivity index (χ0v) is 15.7. The Kier molecular flexibility index (Phi) is 7.29. The van der Waals surface area contributed by atoms with Crippen molar-refractivity contribution in [1.82, 2.24) is 4.90 Å². The predicted molar refractivity (Wildman–Crippen MR) is 99.9 cm³/mol. The van der Waals surface area contributed by atoms with Crippen molar-refractivity contribution in [1.29, 1.82) is 0 Å². The number of hydrogen-bond acceptors (Lipinski definition) is 3. The third-order valence-electron chi connectivity index (χ3n) is 4.80. The molecule has 0 aliphatic carbocycles. The van der Waals surface area contributed by atoms with Crippen LogP contribution in [-0.2, 0) is 9.59 Å². The zero-order valence-electron chi connectivity index (χ0n) is 15.7. The molecule has 1 aromatic rings. The molecule has 1 aliphatic heterocycles. The second kappa shape index (κ2) is 9.44. The van der Waals surface area contributed by atoms with Gasteiger partial charge in [-0.3, -0.25) is 9.59 Å². The molecule has 138 valence electrons. The lowest BCUT2D eigenvalue weighted by atomic mass is 9.99. The maximum Gasteiger partial charge on any atom is 0.224 e. The van der Waals surface area contributed by atoms with Gasteiger partial charge in [0.1, 0.15) is 5.75 Å². The Balaban J connectivity index is 2.07. The van der Waals surface area contributed by atoms with E-state index in [0.717, 1.165) is 31.5 Å². The van der Waals surface area contributed by atoms with Gasteiger partial charge in [-0.2, -0.15) is 0 Å². The lowest BCUT2D eigenvalue weighted by Crippen LogP contribution is -2.44. The number of anilines is 1. The van der Waals surface area contributed by atoms with Crippen LogP contribution in [0.25, 0.3) is 0 Å². The summed E-state index contributed by atoms with van der Waals surface area (Å²) in [6.45, 7) is 7.34. The molecule has 5 nitrogen and oxygen atoms in total. The number of para-hydroxylation sites is 2. The fourth-order valence-corrected chi connectivity index (χ4v) is 3.51. The van der Waals surface area contributed by atoms with Crippen LogP contribution in [0.1, 0.15) is 52.9 Å². The molecule has 0 radical (unpaired) electrons. The van der Waals surface area contributed by atoms with Crippen molar-refractivity contribution in [2.75, 3.05) is 24.6 Å². The molecule has 0 spiro atoms. The first-order valence-electron chi connectivity index (χ1n) is 9.37. The van der Waals surface area contributed by atoms with Gasteiger partial charge in [0.2, 0.25) is 11.8 Å². The Morgan fingerprint density at radius 2 is 2.00 bits per heavy atom. The summed E-state index contributed by atoms with van der Waals surface area (Å²) in [5, 5.41) is 0. The quantitative estimate of drug-likeness (QED) is 0.758. The van der Waals surface area contributed by atoms with E-state index in [1.54, 1.807) is 4.90 Å². The molecule has 2 rings (SSSR count). The lowest BCUT2D eigenvalue weighted by Gasteiger charge is -2.36. The highest BCUT2D eigenvalue weighted by molar-refractivity contribution is 5.93. The summed E-state index contributed by atoms with van der Waals surface area (Å²) in [5.41, 5.74) is 0.732. The molecule has 1 heterocycles. The van der Waals surface area contributed by atoms with Gasteiger partial charge in [-0.1, -0.05) is 19.1 Å². The molecule has 1 fully saturated rings. The first kappa shape index (κ1) is 19.3. The highest BCUT2D eigenvalue weighted by Gasteiger charge is 2.26. The van der Waals surface area contributed by atoms with E-state index in [4.69, 9.17) is 4.74 Å². The Hall–Kier alpha value is -2.04. The first-order chi connectivity index (χ1) is 12.1. The largest absolute Gasteiger partial charge is 0.492 e. The zero-order chi connectivity index (χ0) is 18.2.